The Morgan fingerprint density at radius 1 is 1.14 bits per heavy atom. The van der Waals surface area contributed by atoms with Gasteiger partial charge in [0, 0.05) is 17.2 Å². The number of nitrogens with one attached hydrogen (secondary N) is 1. The van der Waals surface area contributed by atoms with E-state index in [0.29, 0.717) is 22.6 Å². The maximum Gasteiger partial charge on any atom is 0.271 e. The Labute approximate surface area is 127 Å². The molecule has 0 atom stereocenters. The molecule has 6 nitrogen and oxygen atoms in total. The van der Waals surface area contributed by atoms with Crippen LogP contribution in [0.3, 0.4) is 0 Å². The van der Waals surface area contributed by atoms with Crippen LogP contribution < -0.4 is 10.2 Å². The largest absolute Gasteiger partial charge is 0.508 e. The number of methoxy groups -OCH3 is 1. The highest BCUT2D eigenvalue weighted by atomic mass is 16.5. The van der Waals surface area contributed by atoms with Crippen molar-refractivity contribution in [3.05, 3.63) is 53.6 Å². The van der Waals surface area contributed by atoms with E-state index in [4.69, 9.17) is 4.74 Å². The quantitative estimate of drug-likeness (QED) is 0.596. The van der Waals surface area contributed by atoms with Crippen LogP contribution in [0.2, 0.25) is 0 Å². The number of nitrogens with zero attached hydrogens (tertiary/aromatic N) is 1. The van der Waals surface area contributed by atoms with Gasteiger partial charge in [0.2, 0.25) is 0 Å². The first-order valence-electron chi connectivity index (χ1n) is 6.52. The number of amides is 1. The molecular weight excluding hydrogens is 284 g/mol. The highest BCUT2D eigenvalue weighted by Gasteiger charge is 2.08. The van der Waals surface area contributed by atoms with Crippen molar-refractivity contribution < 1.29 is 19.7 Å². The lowest BCUT2D eigenvalue weighted by Gasteiger charge is -2.07. The molecule has 0 heterocycles. The van der Waals surface area contributed by atoms with E-state index >= 15 is 0 Å². The maximum absolute atomic E-state index is 11.9. The third kappa shape index (κ3) is 3.54. The fourth-order valence-electron chi connectivity index (χ4n) is 1.82. The van der Waals surface area contributed by atoms with E-state index in [-0.39, 0.29) is 11.5 Å². The summed E-state index contributed by atoms with van der Waals surface area (Å²) in [7, 11) is 1.51. The average molecular weight is 300 g/mol. The third-order valence-corrected chi connectivity index (χ3v) is 3.05. The second-order valence-corrected chi connectivity index (χ2v) is 4.57. The smallest absolute Gasteiger partial charge is 0.271 e. The minimum absolute atomic E-state index is 0.0134. The lowest BCUT2D eigenvalue weighted by molar-refractivity contribution is 0.0955. The topological polar surface area (TPSA) is 91.2 Å². The predicted octanol–water partition coefficient (Wildman–Crippen LogP) is 2.26. The Morgan fingerprint density at radius 2 is 1.82 bits per heavy atom. The van der Waals surface area contributed by atoms with Crippen LogP contribution in [0, 0.1) is 0 Å². The molecule has 0 unspecified atom stereocenters. The Balaban J connectivity index is 2.12. The summed E-state index contributed by atoms with van der Waals surface area (Å²) in [5, 5.41) is 23.0. The van der Waals surface area contributed by atoms with Gasteiger partial charge in [-0.15, -0.1) is 0 Å². The second kappa shape index (κ2) is 6.62. The predicted molar refractivity (Wildman–Crippen MR) is 82.4 cm³/mol. The molecule has 0 aromatic heterocycles. The molecule has 0 radical (unpaired) electrons. The monoisotopic (exact) mass is 300 g/mol. The SMILES string of the molecule is COc1ccc(/C(C)=N/NC(=O)c2ccc(O)cc2)c(O)c1. The number of hydrogen-bond donors (Lipinski definition) is 3. The lowest BCUT2D eigenvalue weighted by Crippen LogP contribution is -2.19. The molecule has 2 rings (SSSR count). The number of ether oxygens (including phenoxy) is 1. The zero-order chi connectivity index (χ0) is 16.1. The number of phenolic OH excluding ortho intramolecular Hbond substituents is 2. The summed E-state index contributed by atoms with van der Waals surface area (Å²) in [6.07, 6.45) is 0. The number of carbonyl (C=O) groups excluding carboxylic acids is 1. The van der Waals surface area contributed by atoms with Crippen LogP contribution in [0.4, 0.5) is 0 Å². The maximum atomic E-state index is 11.9. The molecule has 2 aromatic carbocycles. The van der Waals surface area contributed by atoms with Gasteiger partial charge in [0.05, 0.1) is 12.8 Å². The molecule has 6 heteroatoms. The van der Waals surface area contributed by atoms with Gasteiger partial charge in [-0.1, -0.05) is 0 Å². The number of benzene rings is 2. The molecular formula is C16H16N2O4. The van der Waals surface area contributed by atoms with E-state index in [1.54, 1.807) is 19.1 Å². The van der Waals surface area contributed by atoms with Gasteiger partial charge >= 0.3 is 0 Å². The summed E-state index contributed by atoms with van der Waals surface area (Å²) < 4.78 is 5.01. The molecule has 0 saturated heterocycles. The molecule has 3 N–H and O–H groups in total. The first kappa shape index (κ1) is 15.4. The van der Waals surface area contributed by atoms with E-state index in [0.717, 1.165) is 0 Å². The van der Waals surface area contributed by atoms with Crippen LogP contribution >= 0.6 is 0 Å². The van der Waals surface area contributed by atoms with Crippen molar-refractivity contribution in [1.82, 2.24) is 5.43 Å². The Hall–Kier alpha value is -3.02. The summed E-state index contributed by atoms with van der Waals surface area (Å²) in [4.78, 5) is 11.9. The van der Waals surface area contributed by atoms with Crippen LogP contribution in [-0.2, 0) is 0 Å². The highest BCUT2D eigenvalue weighted by Crippen LogP contribution is 2.23. The minimum atomic E-state index is -0.410. The summed E-state index contributed by atoms with van der Waals surface area (Å²) >= 11 is 0. The number of aromatic hydroxyl groups is 2. The van der Waals surface area contributed by atoms with Crippen molar-refractivity contribution in [2.45, 2.75) is 6.92 Å². The fourth-order valence-corrected chi connectivity index (χ4v) is 1.82. The van der Waals surface area contributed by atoms with Crippen LogP contribution in [0.25, 0.3) is 0 Å². The molecule has 0 saturated carbocycles. The van der Waals surface area contributed by atoms with Gasteiger partial charge in [0.15, 0.2) is 0 Å². The average Bonchev–Trinajstić information content (AvgIpc) is 2.52. The zero-order valence-electron chi connectivity index (χ0n) is 12.2. The van der Waals surface area contributed by atoms with Crippen molar-refractivity contribution in [1.29, 1.82) is 0 Å². The third-order valence-electron chi connectivity index (χ3n) is 3.05. The molecule has 114 valence electrons. The Bertz CT molecular complexity index is 709. The molecule has 0 bridgehead atoms. The Morgan fingerprint density at radius 3 is 2.41 bits per heavy atom. The van der Waals surface area contributed by atoms with Crippen molar-refractivity contribution >= 4 is 11.6 Å². The van der Waals surface area contributed by atoms with Crippen LogP contribution in [0.1, 0.15) is 22.8 Å². The summed E-state index contributed by atoms with van der Waals surface area (Å²) in [5.41, 5.74) is 3.71. The first-order valence-corrected chi connectivity index (χ1v) is 6.52. The van der Waals surface area contributed by atoms with E-state index in [1.807, 2.05) is 0 Å². The van der Waals surface area contributed by atoms with Gasteiger partial charge in [-0.05, 0) is 43.3 Å². The van der Waals surface area contributed by atoms with E-state index in [2.05, 4.69) is 10.5 Å². The molecule has 0 spiro atoms. The zero-order valence-corrected chi connectivity index (χ0v) is 12.2. The minimum Gasteiger partial charge on any atom is -0.508 e. The molecule has 0 aliphatic heterocycles. The van der Waals surface area contributed by atoms with Crippen LogP contribution in [-0.4, -0.2) is 28.9 Å². The van der Waals surface area contributed by atoms with Gasteiger partial charge in [-0.25, -0.2) is 5.43 Å². The number of phenols is 2. The Kier molecular flexibility index (Phi) is 4.63. The highest BCUT2D eigenvalue weighted by molar-refractivity contribution is 6.02. The van der Waals surface area contributed by atoms with Crippen molar-refractivity contribution in [2.24, 2.45) is 5.10 Å². The fraction of sp³-hybridized carbons (Fsp3) is 0.125. The van der Waals surface area contributed by atoms with Gasteiger partial charge in [0.1, 0.15) is 17.2 Å². The van der Waals surface area contributed by atoms with Gasteiger partial charge < -0.3 is 14.9 Å². The molecule has 0 aliphatic rings. The molecule has 22 heavy (non-hydrogen) atoms. The second-order valence-electron chi connectivity index (χ2n) is 4.57. The number of hydrogen-bond acceptors (Lipinski definition) is 5. The lowest BCUT2D eigenvalue weighted by atomic mass is 10.1. The first-order chi connectivity index (χ1) is 10.5. The van der Waals surface area contributed by atoms with Gasteiger partial charge in [0.25, 0.3) is 5.91 Å². The van der Waals surface area contributed by atoms with Crippen molar-refractivity contribution in [3.63, 3.8) is 0 Å². The van der Waals surface area contributed by atoms with Crippen molar-refractivity contribution in [3.8, 4) is 17.2 Å². The molecule has 1 amide bonds. The van der Waals surface area contributed by atoms with Gasteiger partial charge in [-0.3, -0.25) is 4.79 Å². The summed E-state index contributed by atoms with van der Waals surface area (Å²) in [5.74, 6) is 0.216. The summed E-state index contributed by atoms with van der Waals surface area (Å²) in [6.45, 7) is 1.67. The molecule has 2 aromatic rings. The summed E-state index contributed by atoms with van der Waals surface area (Å²) in [6, 6.07) is 10.6. The van der Waals surface area contributed by atoms with Crippen LogP contribution in [0.15, 0.2) is 47.6 Å². The number of rotatable bonds is 4. The van der Waals surface area contributed by atoms with Crippen LogP contribution in [0.5, 0.6) is 17.2 Å². The van der Waals surface area contributed by atoms with Gasteiger partial charge in [-0.2, -0.15) is 5.10 Å². The normalized spacial score (nSPS) is 11.1. The van der Waals surface area contributed by atoms with Crippen molar-refractivity contribution in [2.75, 3.05) is 7.11 Å². The van der Waals surface area contributed by atoms with E-state index < -0.39 is 5.91 Å². The van der Waals surface area contributed by atoms with E-state index in [1.165, 1.54) is 37.4 Å². The standard InChI is InChI=1S/C16H16N2O4/c1-10(14-8-7-13(22-2)9-15(14)20)17-18-16(21)11-3-5-12(19)6-4-11/h3-9,19-20H,1-2H3,(H,18,21)/b17-10+. The number of hydrazone groups is 1. The molecule has 0 aliphatic carbocycles. The molecule has 0 fully saturated rings. The number of carbonyl (C=O) groups is 1. The van der Waals surface area contributed by atoms with E-state index in [9.17, 15) is 15.0 Å².